The monoisotopic (exact) mass is 416 g/mol. The quantitative estimate of drug-likeness (QED) is 0.457. The molecular weight excluding hydrogens is 389 g/mol. The van der Waals surface area contributed by atoms with E-state index in [1.54, 1.807) is 0 Å². The molecule has 0 bridgehead atoms. The number of hydrogen-bond acceptors (Lipinski definition) is 1. The van der Waals surface area contributed by atoms with Crippen LogP contribution in [0.3, 0.4) is 0 Å². The number of hydrogen-bond donors (Lipinski definition) is 0. The molecule has 0 radical (unpaired) electrons. The van der Waals surface area contributed by atoms with Gasteiger partial charge in [-0.2, -0.15) is 0 Å². The van der Waals surface area contributed by atoms with Crippen LogP contribution in [0.2, 0.25) is 0 Å². The van der Waals surface area contributed by atoms with Crippen LogP contribution in [0, 0.1) is 5.41 Å². The molecule has 3 rings (SSSR count). The summed E-state index contributed by atoms with van der Waals surface area (Å²) in [7, 11) is 0. The van der Waals surface area contributed by atoms with E-state index in [1.165, 1.54) is 13.2 Å². The topological polar surface area (TPSA) is 17.1 Å². The maximum atomic E-state index is 12.7. The molecule has 0 heterocycles. The van der Waals surface area contributed by atoms with Crippen molar-refractivity contribution >= 4 is 32.2 Å². The van der Waals surface area contributed by atoms with Gasteiger partial charge < -0.3 is 0 Å². The van der Waals surface area contributed by atoms with Gasteiger partial charge in [0.1, 0.15) is 0 Å². The molecule has 0 saturated heterocycles. The van der Waals surface area contributed by atoms with Crippen molar-refractivity contribution in [3.8, 4) is 0 Å². The van der Waals surface area contributed by atoms with Crippen molar-refractivity contribution < 1.29 is 4.79 Å². The third-order valence-electron chi connectivity index (χ3n) is 4.91. The van der Waals surface area contributed by atoms with Crippen LogP contribution in [-0.4, -0.2) is 19.0 Å². The molecule has 0 N–H and O–H groups in total. The van der Waals surface area contributed by atoms with Gasteiger partial charge in [0.05, 0.1) is 0 Å². The van der Waals surface area contributed by atoms with Gasteiger partial charge in [0.25, 0.3) is 0 Å². The first-order valence-electron chi connectivity index (χ1n) is 9.35. The summed E-state index contributed by atoms with van der Waals surface area (Å²) >= 11 is -3.15. The second kappa shape index (κ2) is 8.10. The van der Waals surface area contributed by atoms with Crippen molar-refractivity contribution in [1.82, 2.24) is 0 Å². The molecule has 0 fully saturated rings. The van der Waals surface area contributed by atoms with Gasteiger partial charge in [0.15, 0.2) is 0 Å². The van der Waals surface area contributed by atoms with Crippen LogP contribution in [0.1, 0.15) is 20.8 Å². The molecule has 3 aromatic carbocycles. The van der Waals surface area contributed by atoms with Crippen LogP contribution in [0.25, 0.3) is 0 Å². The minimum atomic E-state index is -3.15. The molecule has 0 aliphatic carbocycles. The van der Waals surface area contributed by atoms with Crippen LogP contribution in [0.15, 0.2) is 102 Å². The summed E-state index contributed by atoms with van der Waals surface area (Å²) in [5, 5.41) is 0. The van der Waals surface area contributed by atoms with E-state index in [0.717, 1.165) is 0 Å². The van der Waals surface area contributed by atoms with Crippen molar-refractivity contribution in [2.75, 3.05) is 0 Å². The summed E-state index contributed by atoms with van der Waals surface area (Å²) in [6.45, 7) is 5.92. The van der Waals surface area contributed by atoms with Gasteiger partial charge in [-0.25, -0.2) is 0 Å². The Labute approximate surface area is 165 Å². The summed E-state index contributed by atoms with van der Waals surface area (Å²) in [5.41, 5.74) is -0.380. The fraction of sp³-hybridized carbons (Fsp3) is 0.160. The Morgan fingerprint density at radius 1 is 0.667 bits per heavy atom. The molecule has 2 heteroatoms. The van der Waals surface area contributed by atoms with E-state index in [4.69, 9.17) is 0 Å². The average Bonchev–Trinajstić information content (AvgIpc) is 2.70. The minimum absolute atomic E-state index is 0.167. The zero-order valence-corrected chi connectivity index (χ0v) is 18.3. The second-order valence-corrected chi connectivity index (χ2v) is 15.6. The van der Waals surface area contributed by atoms with Crippen molar-refractivity contribution in [2.24, 2.45) is 5.41 Å². The molecule has 136 valence electrons. The molecule has 0 saturated carbocycles. The van der Waals surface area contributed by atoms with E-state index >= 15 is 0 Å². The molecule has 0 spiro atoms. The number of carbonyl (C=O) groups excluding carboxylic acids is 1. The van der Waals surface area contributed by atoms with Crippen molar-refractivity contribution in [2.45, 2.75) is 20.8 Å². The standard InChI is InChI=1S/C25H26GeO/c1-25(2,3)24(27)19-20-26(21-13-7-4-8-14-21,22-15-9-5-10-16-22)23-17-11-6-12-18-23/h4-20H,1-3H3/b20-19+. The summed E-state index contributed by atoms with van der Waals surface area (Å²) in [6, 6.07) is 32.0. The fourth-order valence-electron chi connectivity index (χ4n) is 3.34. The third kappa shape index (κ3) is 4.14. The summed E-state index contributed by atoms with van der Waals surface area (Å²) in [6.07, 6.45) is 1.84. The number of rotatable bonds is 5. The first kappa shape index (κ1) is 19.4. The summed E-state index contributed by atoms with van der Waals surface area (Å²) in [4.78, 5) is 15.0. The van der Waals surface area contributed by atoms with Crippen molar-refractivity contribution in [1.29, 1.82) is 0 Å². The van der Waals surface area contributed by atoms with Crippen LogP contribution in [0.5, 0.6) is 0 Å². The van der Waals surface area contributed by atoms with Crippen molar-refractivity contribution in [3.05, 3.63) is 102 Å². The fourth-order valence-corrected chi connectivity index (χ4v) is 12.0. The van der Waals surface area contributed by atoms with Gasteiger partial charge in [-0.1, -0.05) is 0 Å². The van der Waals surface area contributed by atoms with E-state index in [2.05, 4.69) is 95.9 Å². The second-order valence-electron chi connectivity index (χ2n) is 7.85. The Balaban J connectivity index is 2.30. The Hall–Kier alpha value is -2.39. The Morgan fingerprint density at radius 3 is 1.30 bits per heavy atom. The van der Waals surface area contributed by atoms with Gasteiger partial charge in [0.2, 0.25) is 0 Å². The maximum absolute atomic E-state index is 12.7. The first-order chi connectivity index (χ1) is 12.9. The van der Waals surface area contributed by atoms with E-state index in [-0.39, 0.29) is 11.2 Å². The van der Waals surface area contributed by atoms with Crippen LogP contribution in [-0.2, 0) is 4.79 Å². The SMILES string of the molecule is CC(C)(C)C(=O)/C=[CH]/[Ge]([c]1ccccc1)([c]1ccccc1)[c]1ccccc1. The molecular formula is C25H26GeO. The molecule has 0 aliphatic rings. The zero-order valence-electron chi connectivity index (χ0n) is 16.2. The van der Waals surface area contributed by atoms with Gasteiger partial charge in [0, 0.05) is 0 Å². The van der Waals surface area contributed by atoms with E-state index in [9.17, 15) is 4.79 Å². The molecule has 3 aromatic rings. The molecule has 0 amide bonds. The van der Waals surface area contributed by atoms with Crippen LogP contribution < -0.4 is 13.2 Å². The number of ketones is 1. The van der Waals surface area contributed by atoms with Gasteiger partial charge in [-0.05, 0) is 0 Å². The van der Waals surface area contributed by atoms with Crippen molar-refractivity contribution in [3.63, 3.8) is 0 Å². The number of benzene rings is 3. The summed E-state index contributed by atoms with van der Waals surface area (Å²) < 4.78 is 3.98. The summed E-state index contributed by atoms with van der Waals surface area (Å²) in [5.74, 6) is 0.167. The van der Waals surface area contributed by atoms with Gasteiger partial charge in [-0.3, -0.25) is 0 Å². The number of carbonyl (C=O) groups is 1. The van der Waals surface area contributed by atoms with E-state index in [0.29, 0.717) is 0 Å². The molecule has 0 unspecified atom stereocenters. The molecule has 0 atom stereocenters. The van der Waals surface area contributed by atoms with Gasteiger partial charge >= 0.3 is 165 Å². The molecule has 1 nitrogen and oxygen atoms in total. The predicted molar refractivity (Wildman–Crippen MR) is 118 cm³/mol. The van der Waals surface area contributed by atoms with E-state index in [1.807, 2.05) is 26.8 Å². The third-order valence-corrected chi connectivity index (χ3v) is 14.1. The van der Waals surface area contributed by atoms with E-state index < -0.39 is 13.3 Å². The van der Waals surface area contributed by atoms with Crippen LogP contribution in [0.4, 0.5) is 0 Å². The Bertz CT molecular complexity index is 810. The van der Waals surface area contributed by atoms with Gasteiger partial charge in [-0.15, -0.1) is 0 Å². The first-order valence-corrected chi connectivity index (χ1v) is 13.7. The molecule has 0 aliphatic heterocycles. The predicted octanol–water partition coefficient (Wildman–Crippen LogP) is 3.87. The molecule has 0 aromatic heterocycles. The van der Waals surface area contributed by atoms with Crippen LogP contribution >= 0.6 is 0 Å². The number of allylic oxidation sites excluding steroid dienone is 1. The molecule has 27 heavy (non-hydrogen) atoms. The average molecular weight is 415 g/mol. The Kier molecular flexibility index (Phi) is 5.81. The Morgan fingerprint density at radius 2 is 1.00 bits per heavy atom. The normalized spacial score (nSPS) is 12.3. The zero-order chi connectivity index (χ0) is 19.3.